The Morgan fingerprint density at radius 2 is 2.14 bits per heavy atom. The number of carbonyl (C=O) groups is 2. The number of ether oxygens (including phenoxy) is 1. The van der Waals surface area contributed by atoms with Crippen molar-refractivity contribution in [1.82, 2.24) is 14.7 Å². The number of nitrogens with zero attached hydrogens (tertiary/aromatic N) is 2. The number of rotatable bonds is 5. The van der Waals surface area contributed by atoms with Crippen molar-refractivity contribution >= 4 is 17.5 Å². The molecule has 0 unspecified atom stereocenters. The third kappa shape index (κ3) is 2.61. The fourth-order valence-electron chi connectivity index (χ4n) is 2.13. The molecule has 0 aliphatic rings. The first-order valence-electron chi connectivity index (χ1n) is 6.91. The van der Waals surface area contributed by atoms with Crippen molar-refractivity contribution in [3.63, 3.8) is 0 Å². The first-order valence-corrected chi connectivity index (χ1v) is 6.91. The minimum Gasteiger partial charge on any atom is -0.493 e. The third-order valence-corrected chi connectivity index (χ3v) is 3.42. The molecule has 2 aromatic rings. The Bertz CT molecular complexity index is 734. The second-order valence-corrected chi connectivity index (χ2v) is 5.42. The van der Waals surface area contributed by atoms with Crippen LogP contribution in [0.1, 0.15) is 37.0 Å². The molecule has 7 nitrogen and oxygen atoms in total. The van der Waals surface area contributed by atoms with Crippen molar-refractivity contribution in [2.24, 2.45) is 0 Å². The van der Waals surface area contributed by atoms with E-state index in [1.165, 1.54) is 21.0 Å². The zero-order chi connectivity index (χ0) is 16.5. The molecule has 22 heavy (non-hydrogen) atoms. The highest BCUT2D eigenvalue weighted by molar-refractivity contribution is 5.98. The minimum absolute atomic E-state index is 0.325. The summed E-state index contributed by atoms with van der Waals surface area (Å²) >= 11 is 0. The number of hydrogen-bond donors (Lipinski definition) is 2. The second-order valence-electron chi connectivity index (χ2n) is 5.42. The van der Waals surface area contributed by atoms with Crippen LogP contribution < -0.4 is 10.1 Å². The maximum atomic E-state index is 12.5. The van der Waals surface area contributed by atoms with E-state index < -0.39 is 17.4 Å². The molecule has 0 fully saturated rings. The zero-order valence-corrected chi connectivity index (χ0v) is 13.0. The van der Waals surface area contributed by atoms with Crippen molar-refractivity contribution < 1.29 is 19.4 Å². The zero-order valence-electron chi connectivity index (χ0n) is 13.0. The van der Waals surface area contributed by atoms with Gasteiger partial charge in [0.1, 0.15) is 11.2 Å². The van der Waals surface area contributed by atoms with Crippen LogP contribution >= 0.6 is 0 Å². The summed E-state index contributed by atoms with van der Waals surface area (Å²) in [6.07, 6.45) is 2.24. The van der Waals surface area contributed by atoms with Crippen molar-refractivity contribution in [3.05, 3.63) is 29.7 Å². The van der Waals surface area contributed by atoms with Crippen LogP contribution in [0, 0.1) is 0 Å². The molecule has 2 N–H and O–H groups in total. The van der Waals surface area contributed by atoms with E-state index >= 15 is 0 Å². The molecule has 0 bridgehead atoms. The minimum atomic E-state index is -1.37. The summed E-state index contributed by atoms with van der Waals surface area (Å²) in [4.78, 5) is 28.2. The Hall–Kier alpha value is -2.57. The number of imidazole rings is 1. The fraction of sp³-hybridized carbons (Fsp3) is 0.400. The van der Waals surface area contributed by atoms with Crippen LogP contribution in [0.25, 0.3) is 5.65 Å². The highest BCUT2D eigenvalue weighted by atomic mass is 16.5. The predicted octanol–water partition coefficient (Wildman–Crippen LogP) is 1.50. The van der Waals surface area contributed by atoms with E-state index in [0.717, 1.165) is 0 Å². The lowest BCUT2D eigenvalue weighted by atomic mass is 10.1. The number of aromatic nitrogens is 2. The molecule has 0 aliphatic heterocycles. The van der Waals surface area contributed by atoms with E-state index in [1.54, 1.807) is 22.7 Å². The number of aryl methyl sites for hydroxylation is 1. The molecule has 7 heteroatoms. The number of methoxy groups -OCH3 is 1. The van der Waals surface area contributed by atoms with Gasteiger partial charge in [0, 0.05) is 6.20 Å². The van der Waals surface area contributed by atoms with Crippen molar-refractivity contribution in [2.45, 2.75) is 32.7 Å². The number of carboxylic acid groups (broad SMARTS) is 1. The van der Waals surface area contributed by atoms with Gasteiger partial charge >= 0.3 is 5.97 Å². The first-order chi connectivity index (χ1) is 10.3. The van der Waals surface area contributed by atoms with Gasteiger partial charge in [-0.25, -0.2) is 9.78 Å². The second kappa shape index (κ2) is 5.67. The molecule has 0 spiro atoms. The van der Waals surface area contributed by atoms with E-state index in [1.807, 2.05) is 6.92 Å². The molecule has 1 amide bonds. The normalized spacial score (nSPS) is 11.5. The van der Waals surface area contributed by atoms with E-state index in [9.17, 15) is 9.59 Å². The Balaban J connectivity index is 2.55. The molecular weight excluding hydrogens is 286 g/mol. The van der Waals surface area contributed by atoms with Crippen molar-refractivity contribution in [3.8, 4) is 5.75 Å². The van der Waals surface area contributed by atoms with Gasteiger partial charge in [0.25, 0.3) is 5.91 Å². The highest BCUT2D eigenvalue weighted by Crippen LogP contribution is 2.22. The predicted molar refractivity (Wildman–Crippen MR) is 80.3 cm³/mol. The molecule has 2 aromatic heterocycles. The molecule has 0 aliphatic carbocycles. The van der Waals surface area contributed by atoms with E-state index in [0.29, 0.717) is 29.2 Å². The standard InChI is InChI=1S/C15H19N3O4/c1-5-9-11(13(19)17-15(2,3)14(20)21)18-8-6-7-10(22-4)12(18)16-9/h6-8H,5H2,1-4H3,(H,17,19)(H,20,21). The molecule has 2 rings (SSSR count). The third-order valence-electron chi connectivity index (χ3n) is 3.42. The van der Waals surface area contributed by atoms with Gasteiger partial charge in [0.15, 0.2) is 11.4 Å². The lowest BCUT2D eigenvalue weighted by molar-refractivity contribution is -0.143. The molecule has 2 heterocycles. The Labute approximate surface area is 127 Å². The van der Waals surface area contributed by atoms with Gasteiger partial charge in [-0.1, -0.05) is 6.92 Å². The number of aliphatic carboxylic acids is 1. The van der Waals surface area contributed by atoms with Crippen LogP contribution in [0.3, 0.4) is 0 Å². The molecule has 0 saturated carbocycles. The van der Waals surface area contributed by atoms with Gasteiger partial charge in [-0.2, -0.15) is 0 Å². The molecule has 0 radical (unpaired) electrons. The lowest BCUT2D eigenvalue weighted by Crippen LogP contribution is -2.50. The maximum absolute atomic E-state index is 12.5. The summed E-state index contributed by atoms with van der Waals surface area (Å²) < 4.78 is 6.87. The molecular formula is C15H19N3O4. The lowest BCUT2D eigenvalue weighted by Gasteiger charge is -2.21. The number of hydrogen-bond acceptors (Lipinski definition) is 4. The topological polar surface area (TPSA) is 92.9 Å². The highest BCUT2D eigenvalue weighted by Gasteiger charge is 2.31. The quantitative estimate of drug-likeness (QED) is 0.873. The number of amides is 1. The summed E-state index contributed by atoms with van der Waals surface area (Å²) in [5, 5.41) is 11.7. The number of fused-ring (bicyclic) bond motifs is 1. The molecule has 0 aromatic carbocycles. The number of carboxylic acids is 1. The summed E-state index contributed by atoms with van der Waals surface area (Å²) in [5.41, 5.74) is 0.0690. The smallest absolute Gasteiger partial charge is 0.328 e. The Morgan fingerprint density at radius 1 is 1.45 bits per heavy atom. The Kier molecular flexibility index (Phi) is 4.07. The summed E-state index contributed by atoms with van der Waals surface area (Å²) in [7, 11) is 1.53. The average Bonchev–Trinajstić information content (AvgIpc) is 2.84. The van der Waals surface area contributed by atoms with Crippen LogP contribution in [-0.2, 0) is 11.2 Å². The molecule has 118 valence electrons. The van der Waals surface area contributed by atoms with Crippen LogP contribution in [0.5, 0.6) is 5.75 Å². The van der Waals surface area contributed by atoms with E-state index in [-0.39, 0.29) is 0 Å². The number of carbonyl (C=O) groups excluding carboxylic acids is 1. The van der Waals surface area contributed by atoms with Crippen molar-refractivity contribution in [2.75, 3.05) is 7.11 Å². The molecule has 0 atom stereocenters. The maximum Gasteiger partial charge on any atom is 0.328 e. The van der Waals surface area contributed by atoms with Gasteiger partial charge < -0.3 is 15.2 Å². The first kappa shape index (κ1) is 15.8. The summed E-state index contributed by atoms with van der Waals surface area (Å²) in [6.45, 7) is 4.75. The molecule has 0 saturated heterocycles. The van der Waals surface area contributed by atoms with E-state index in [4.69, 9.17) is 9.84 Å². The van der Waals surface area contributed by atoms with E-state index in [2.05, 4.69) is 10.3 Å². The van der Waals surface area contributed by atoms with Crippen LogP contribution in [0.2, 0.25) is 0 Å². The number of pyridine rings is 1. The van der Waals surface area contributed by atoms with Crippen LogP contribution in [-0.4, -0.2) is 39.0 Å². The summed E-state index contributed by atoms with van der Waals surface area (Å²) in [5.74, 6) is -1.04. The fourth-order valence-corrected chi connectivity index (χ4v) is 2.13. The van der Waals surface area contributed by atoms with Gasteiger partial charge in [0.2, 0.25) is 0 Å². The summed E-state index contributed by atoms with van der Waals surface area (Å²) in [6, 6.07) is 3.50. The van der Waals surface area contributed by atoms with Gasteiger partial charge in [-0.15, -0.1) is 0 Å². The van der Waals surface area contributed by atoms with Crippen LogP contribution in [0.4, 0.5) is 0 Å². The SMILES string of the molecule is CCc1nc2c(OC)cccn2c1C(=O)NC(C)(C)C(=O)O. The van der Waals surface area contributed by atoms with Gasteiger partial charge in [-0.3, -0.25) is 9.20 Å². The van der Waals surface area contributed by atoms with Gasteiger partial charge in [0.05, 0.1) is 12.8 Å². The van der Waals surface area contributed by atoms with Crippen molar-refractivity contribution in [1.29, 1.82) is 0 Å². The largest absolute Gasteiger partial charge is 0.493 e. The van der Waals surface area contributed by atoms with Crippen LogP contribution in [0.15, 0.2) is 18.3 Å². The monoisotopic (exact) mass is 305 g/mol. The average molecular weight is 305 g/mol. The van der Waals surface area contributed by atoms with Gasteiger partial charge in [-0.05, 0) is 32.4 Å². The Morgan fingerprint density at radius 3 is 2.68 bits per heavy atom. The number of nitrogens with one attached hydrogen (secondary N) is 1.